The van der Waals surface area contributed by atoms with Gasteiger partial charge in [-0.1, -0.05) is 48.0 Å². The molecule has 4 amide bonds. The molecule has 1 aliphatic heterocycles. The predicted octanol–water partition coefficient (Wildman–Crippen LogP) is 4.56. The van der Waals surface area contributed by atoms with Crippen molar-refractivity contribution in [3.8, 4) is 11.5 Å². The van der Waals surface area contributed by atoms with Crippen LogP contribution in [0.1, 0.15) is 22.3 Å². The van der Waals surface area contributed by atoms with Crippen molar-refractivity contribution in [1.82, 2.24) is 5.32 Å². The maximum Gasteiger partial charge on any atom is 0.335 e. The fourth-order valence-electron chi connectivity index (χ4n) is 3.69. The van der Waals surface area contributed by atoms with E-state index in [4.69, 9.17) is 9.47 Å². The summed E-state index contributed by atoms with van der Waals surface area (Å²) >= 11 is 0. The van der Waals surface area contributed by atoms with Crippen molar-refractivity contribution in [2.75, 3.05) is 12.0 Å². The van der Waals surface area contributed by atoms with Crippen LogP contribution in [-0.2, 0) is 16.2 Å². The number of amides is 4. The second-order valence-corrected chi connectivity index (χ2v) is 7.93. The Morgan fingerprint density at radius 2 is 1.74 bits per heavy atom. The van der Waals surface area contributed by atoms with Gasteiger partial charge in [-0.05, 0) is 49.2 Å². The van der Waals surface area contributed by atoms with E-state index in [1.54, 1.807) is 50.4 Å². The van der Waals surface area contributed by atoms with Crippen molar-refractivity contribution in [2.45, 2.75) is 20.5 Å². The minimum Gasteiger partial charge on any atom is -0.497 e. The molecular weight excluding hydrogens is 432 g/mol. The number of hydrogen-bond donors (Lipinski definition) is 1. The van der Waals surface area contributed by atoms with Crippen molar-refractivity contribution >= 4 is 29.6 Å². The molecule has 3 aromatic carbocycles. The summed E-state index contributed by atoms with van der Waals surface area (Å²) < 4.78 is 11.4. The van der Waals surface area contributed by atoms with Crippen LogP contribution < -0.4 is 19.7 Å². The molecule has 1 aliphatic rings. The van der Waals surface area contributed by atoms with Gasteiger partial charge in [0, 0.05) is 11.6 Å². The molecule has 34 heavy (non-hydrogen) atoms. The molecule has 0 radical (unpaired) electrons. The highest BCUT2D eigenvalue weighted by Gasteiger charge is 2.37. The van der Waals surface area contributed by atoms with Crippen molar-refractivity contribution in [3.05, 3.63) is 94.6 Å². The highest BCUT2D eigenvalue weighted by molar-refractivity contribution is 6.39. The standard InChI is InChI=1S/C27H24N2O5/c1-17-7-6-9-19(13-17)16-34-24-15-21(33-3)12-11-20(24)14-22-25(30)28-27(32)29(26(22)31)23-10-5-4-8-18(23)2/h4-15H,16H2,1-3H3,(H,28,30,32)/b22-14+. The zero-order valence-corrected chi connectivity index (χ0v) is 19.1. The quantitative estimate of drug-likeness (QED) is 0.434. The van der Waals surface area contributed by atoms with Crippen LogP contribution in [0.2, 0.25) is 0 Å². The number of para-hydroxylation sites is 1. The van der Waals surface area contributed by atoms with Crippen LogP contribution in [0.5, 0.6) is 11.5 Å². The topological polar surface area (TPSA) is 84.9 Å². The molecule has 0 spiro atoms. The number of rotatable bonds is 6. The lowest BCUT2D eigenvalue weighted by atomic mass is 10.0. The summed E-state index contributed by atoms with van der Waals surface area (Å²) in [6, 6.07) is 19.2. The molecule has 0 saturated carbocycles. The Morgan fingerprint density at radius 1 is 0.941 bits per heavy atom. The van der Waals surface area contributed by atoms with Crippen molar-refractivity contribution in [1.29, 1.82) is 0 Å². The van der Waals surface area contributed by atoms with Gasteiger partial charge in [-0.15, -0.1) is 0 Å². The second kappa shape index (κ2) is 9.62. The van der Waals surface area contributed by atoms with Gasteiger partial charge >= 0.3 is 6.03 Å². The summed E-state index contributed by atoms with van der Waals surface area (Å²) in [6.45, 7) is 4.08. The maximum absolute atomic E-state index is 13.3. The zero-order chi connectivity index (χ0) is 24.2. The van der Waals surface area contributed by atoms with Crippen LogP contribution >= 0.6 is 0 Å². The third kappa shape index (κ3) is 4.68. The van der Waals surface area contributed by atoms with Gasteiger partial charge in [0.15, 0.2) is 0 Å². The average molecular weight is 456 g/mol. The Labute approximate surface area is 197 Å². The lowest BCUT2D eigenvalue weighted by molar-refractivity contribution is -0.122. The number of urea groups is 1. The number of imide groups is 2. The molecule has 3 aromatic rings. The van der Waals surface area contributed by atoms with E-state index in [1.165, 1.54) is 6.08 Å². The molecule has 4 rings (SSSR count). The summed E-state index contributed by atoms with van der Waals surface area (Å²) in [7, 11) is 1.54. The average Bonchev–Trinajstić information content (AvgIpc) is 2.82. The van der Waals surface area contributed by atoms with Gasteiger partial charge in [-0.2, -0.15) is 0 Å². The summed E-state index contributed by atoms with van der Waals surface area (Å²) in [5.74, 6) is -0.463. The molecule has 0 bridgehead atoms. The number of methoxy groups -OCH3 is 1. The van der Waals surface area contributed by atoms with Gasteiger partial charge in [0.05, 0.1) is 12.8 Å². The minimum atomic E-state index is -0.785. The van der Waals surface area contributed by atoms with Gasteiger partial charge in [-0.25, -0.2) is 9.69 Å². The second-order valence-electron chi connectivity index (χ2n) is 7.93. The van der Waals surface area contributed by atoms with E-state index in [1.807, 2.05) is 37.3 Å². The van der Waals surface area contributed by atoms with Crippen molar-refractivity contribution < 1.29 is 23.9 Å². The van der Waals surface area contributed by atoms with Crippen LogP contribution in [0, 0.1) is 13.8 Å². The maximum atomic E-state index is 13.3. The Kier molecular flexibility index (Phi) is 6.45. The third-order valence-electron chi connectivity index (χ3n) is 5.46. The third-order valence-corrected chi connectivity index (χ3v) is 5.46. The minimum absolute atomic E-state index is 0.173. The Morgan fingerprint density at radius 3 is 2.47 bits per heavy atom. The first kappa shape index (κ1) is 22.8. The number of aryl methyl sites for hydroxylation is 2. The number of carbonyl (C=O) groups excluding carboxylic acids is 3. The smallest absolute Gasteiger partial charge is 0.335 e. The summed E-state index contributed by atoms with van der Waals surface area (Å²) in [5.41, 5.74) is 3.56. The molecule has 0 aliphatic carbocycles. The molecule has 7 heteroatoms. The van der Waals surface area contributed by atoms with E-state index < -0.39 is 17.8 Å². The first-order chi connectivity index (χ1) is 16.4. The predicted molar refractivity (Wildman–Crippen MR) is 129 cm³/mol. The first-order valence-corrected chi connectivity index (χ1v) is 10.7. The van der Waals surface area contributed by atoms with E-state index in [0.29, 0.717) is 29.4 Å². The molecule has 1 fully saturated rings. The SMILES string of the molecule is COc1ccc(/C=C2\C(=O)NC(=O)N(c3ccccc3C)C2=O)c(OCc2cccc(C)c2)c1. The number of anilines is 1. The van der Waals surface area contributed by atoms with Crippen LogP contribution in [0.15, 0.2) is 72.3 Å². The Bertz CT molecular complexity index is 1310. The highest BCUT2D eigenvalue weighted by atomic mass is 16.5. The first-order valence-electron chi connectivity index (χ1n) is 10.7. The van der Waals surface area contributed by atoms with Gasteiger partial charge in [0.2, 0.25) is 0 Å². The van der Waals surface area contributed by atoms with Crippen LogP contribution in [0.4, 0.5) is 10.5 Å². The fourth-order valence-corrected chi connectivity index (χ4v) is 3.69. The molecule has 0 atom stereocenters. The number of hydrogen-bond acceptors (Lipinski definition) is 5. The Hall–Kier alpha value is -4.39. The van der Waals surface area contributed by atoms with E-state index in [-0.39, 0.29) is 5.57 Å². The fraction of sp³-hybridized carbons (Fsp3) is 0.148. The lowest BCUT2D eigenvalue weighted by Gasteiger charge is -2.27. The molecule has 0 unspecified atom stereocenters. The molecule has 1 N–H and O–H groups in total. The van der Waals surface area contributed by atoms with Gasteiger partial charge in [-0.3, -0.25) is 14.9 Å². The normalized spacial score (nSPS) is 14.9. The van der Waals surface area contributed by atoms with Crippen molar-refractivity contribution in [2.24, 2.45) is 0 Å². The van der Waals surface area contributed by atoms with Gasteiger partial charge in [0.25, 0.3) is 11.8 Å². The number of ether oxygens (including phenoxy) is 2. The van der Waals surface area contributed by atoms with Crippen LogP contribution in [-0.4, -0.2) is 25.0 Å². The molecular formula is C27H24N2O5. The summed E-state index contributed by atoms with van der Waals surface area (Å²) in [6.07, 6.45) is 1.43. The Balaban J connectivity index is 1.70. The van der Waals surface area contributed by atoms with Gasteiger partial charge in [0.1, 0.15) is 23.7 Å². The molecule has 1 heterocycles. The van der Waals surface area contributed by atoms with Gasteiger partial charge < -0.3 is 9.47 Å². The van der Waals surface area contributed by atoms with Crippen LogP contribution in [0.3, 0.4) is 0 Å². The van der Waals surface area contributed by atoms with Crippen LogP contribution in [0.25, 0.3) is 6.08 Å². The molecule has 0 aromatic heterocycles. The summed E-state index contributed by atoms with van der Waals surface area (Å²) in [4.78, 5) is 39.4. The van der Waals surface area contributed by atoms with E-state index >= 15 is 0 Å². The monoisotopic (exact) mass is 456 g/mol. The molecule has 7 nitrogen and oxygen atoms in total. The summed E-state index contributed by atoms with van der Waals surface area (Å²) in [5, 5.41) is 2.26. The number of carbonyl (C=O) groups is 3. The number of barbiturate groups is 1. The largest absolute Gasteiger partial charge is 0.497 e. The van der Waals surface area contributed by atoms with E-state index in [9.17, 15) is 14.4 Å². The molecule has 1 saturated heterocycles. The molecule has 172 valence electrons. The van der Waals surface area contributed by atoms with E-state index in [0.717, 1.165) is 21.6 Å². The number of nitrogens with zero attached hydrogens (tertiary/aromatic N) is 1. The highest BCUT2D eigenvalue weighted by Crippen LogP contribution is 2.30. The number of benzene rings is 3. The van der Waals surface area contributed by atoms with Crippen molar-refractivity contribution in [3.63, 3.8) is 0 Å². The van der Waals surface area contributed by atoms with E-state index in [2.05, 4.69) is 5.32 Å². The number of nitrogens with one attached hydrogen (secondary N) is 1. The zero-order valence-electron chi connectivity index (χ0n) is 19.1. The lowest BCUT2D eigenvalue weighted by Crippen LogP contribution is -2.54.